The van der Waals surface area contributed by atoms with Crippen LogP contribution in [-0.2, 0) is 0 Å². The van der Waals surface area contributed by atoms with Crippen LogP contribution in [0.1, 0.15) is 47.5 Å². The Morgan fingerprint density at radius 2 is 1.65 bits per heavy atom. The van der Waals surface area contributed by atoms with E-state index >= 15 is 0 Å². The second kappa shape index (κ2) is 10.9. The molecule has 2 N–H and O–H groups in total. The summed E-state index contributed by atoms with van der Waals surface area (Å²) in [4.78, 5) is 9.41. The summed E-state index contributed by atoms with van der Waals surface area (Å²) in [5, 5.41) is 6.91. The molecule has 1 heterocycles. The molecule has 0 aromatic rings. The summed E-state index contributed by atoms with van der Waals surface area (Å²) in [6.07, 6.45) is 2.73. The Labute approximate surface area is 143 Å². The van der Waals surface area contributed by atoms with Crippen LogP contribution >= 0.6 is 0 Å². The molecule has 1 unspecified atom stereocenters. The van der Waals surface area contributed by atoms with Gasteiger partial charge in [0.25, 0.3) is 0 Å². The lowest BCUT2D eigenvalue weighted by Crippen LogP contribution is -2.46. The van der Waals surface area contributed by atoms with Gasteiger partial charge in [0.05, 0.1) is 0 Å². The molecular weight excluding hydrogens is 286 g/mol. The highest BCUT2D eigenvalue weighted by Crippen LogP contribution is 2.09. The maximum Gasteiger partial charge on any atom is 0.191 e. The first-order valence-electron chi connectivity index (χ1n) is 9.36. The summed E-state index contributed by atoms with van der Waals surface area (Å²) < 4.78 is 0. The van der Waals surface area contributed by atoms with Crippen LogP contribution in [0.2, 0.25) is 0 Å². The van der Waals surface area contributed by atoms with Crippen molar-refractivity contribution in [2.75, 3.05) is 46.3 Å². The number of rotatable bonds is 9. The van der Waals surface area contributed by atoms with Gasteiger partial charge in [-0.2, -0.15) is 0 Å². The van der Waals surface area contributed by atoms with Crippen molar-refractivity contribution in [3.8, 4) is 0 Å². The van der Waals surface area contributed by atoms with Gasteiger partial charge in [-0.1, -0.05) is 6.92 Å². The topological polar surface area (TPSA) is 42.9 Å². The van der Waals surface area contributed by atoms with E-state index in [0.29, 0.717) is 18.0 Å². The fourth-order valence-electron chi connectivity index (χ4n) is 3.38. The quantitative estimate of drug-likeness (QED) is 0.503. The van der Waals surface area contributed by atoms with E-state index in [1.54, 1.807) is 0 Å². The molecule has 0 bridgehead atoms. The summed E-state index contributed by atoms with van der Waals surface area (Å²) in [7, 11) is 1.85. The number of nitrogens with zero attached hydrogens (tertiary/aromatic N) is 3. The van der Waals surface area contributed by atoms with E-state index in [2.05, 4.69) is 60.0 Å². The summed E-state index contributed by atoms with van der Waals surface area (Å²) in [6.45, 7) is 18.0. The van der Waals surface area contributed by atoms with Crippen LogP contribution in [0, 0.1) is 5.92 Å². The Morgan fingerprint density at radius 3 is 2.17 bits per heavy atom. The van der Waals surface area contributed by atoms with Gasteiger partial charge < -0.3 is 15.5 Å². The summed E-state index contributed by atoms with van der Waals surface area (Å²) in [5.41, 5.74) is 0. The lowest BCUT2D eigenvalue weighted by atomic mass is 10.1. The molecule has 0 aromatic heterocycles. The first kappa shape index (κ1) is 20.2. The summed E-state index contributed by atoms with van der Waals surface area (Å²) in [6, 6.07) is 1.15. The maximum atomic E-state index is 4.34. The minimum atomic E-state index is 0.576. The number of guanidine groups is 1. The number of aliphatic imine (C=N–C) groups is 1. The maximum absolute atomic E-state index is 4.34. The fourth-order valence-corrected chi connectivity index (χ4v) is 3.38. The largest absolute Gasteiger partial charge is 0.356 e. The first-order chi connectivity index (χ1) is 10.9. The van der Waals surface area contributed by atoms with E-state index in [1.165, 1.54) is 32.5 Å². The monoisotopic (exact) mass is 325 g/mol. The highest BCUT2D eigenvalue weighted by atomic mass is 15.2. The average molecular weight is 326 g/mol. The number of nitrogens with one attached hydrogen (secondary N) is 2. The van der Waals surface area contributed by atoms with Crippen molar-refractivity contribution in [1.82, 2.24) is 20.4 Å². The van der Waals surface area contributed by atoms with Crippen LogP contribution in [0.5, 0.6) is 0 Å². The molecule has 0 saturated carbocycles. The van der Waals surface area contributed by atoms with Crippen LogP contribution in [0.3, 0.4) is 0 Å². The van der Waals surface area contributed by atoms with Gasteiger partial charge >= 0.3 is 0 Å². The van der Waals surface area contributed by atoms with Gasteiger partial charge in [0, 0.05) is 45.3 Å². The van der Waals surface area contributed by atoms with Crippen LogP contribution in [0.25, 0.3) is 0 Å². The highest BCUT2D eigenvalue weighted by Gasteiger charge is 2.15. The molecule has 0 aromatic carbocycles. The second-order valence-corrected chi connectivity index (χ2v) is 7.42. The summed E-state index contributed by atoms with van der Waals surface area (Å²) in [5.74, 6) is 1.57. The van der Waals surface area contributed by atoms with Gasteiger partial charge in [0.2, 0.25) is 0 Å². The van der Waals surface area contributed by atoms with Crippen LogP contribution < -0.4 is 10.6 Å². The Morgan fingerprint density at radius 1 is 1.04 bits per heavy atom. The number of hydrogen-bond acceptors (Lipinski definition) is 3. The van der Waals surface area contributed by atoms with Gasteiger partial charge in [0.15, 0.2) is 5.96 Å². The van der Waals surface area contributed by atoms with E-state index in [4.69, 9.17) is 0 Å². The Kier molecular flexibility index (Phi) is 9.56. The molecule has 1 aliphatic heterocycles. The normalized spacial score (nSPS) is 18.2. The molecule has 0 amide bonds. The Hall–Kier alpha value is -0.810. The van der Waals surface area contributed by atoms with Crippen molar-refractivity contribution in [3.05, 3.63) is 0 Å². The molecule has 5 nitrogen and oxygen atoms in total. The third-order valence-corrected chi connectivity index (χ3v) is 4.60. The standard InChI is InChI=1S/C18H39N5/c1-15(2)23(16(3)4)12-9-20-18(19-6)21-13-17(5)14-22-10-7-8-11-22/h15-17H,7-14H2,1-6H3,(H2,19,20,21). The van der Waals surface area contributed by atoms with Crippen LogP contribution in [-0.4, -0.2) is 74.2 Å². The van der Waals surface area contributed by atoms with Crippen molar-refractivity contribution in [1.29, 1.82) is 0 Å². The third-order valence-electron chi connectivity index (χ3n) is 4.60. The molecule has 5 heteroatoms. The van der Waals surface area contributed by atoms with Gasteiger partial charge in [-0.15, -0.1) is 0 Å². The number of hydrogen-bond donors (Lipinski definition) is 2. The van der Waals surface area contributed by atoms with Crippen LogP contribution in [0.15, 0.2) is 4.99 Å². The van der Waals surface area contributed by atoms with Gasteiger partial charge in [0.1, 0.15) is 0 Å². The van der Waals surface area contributed by atoms with Gasteiger partial charge in [-0.05, 0) is 59.5 Å². The van der Waals surface area contributed by atoms with Crippen molar-refractivity contribution < 1.29 is 0 Å². The average Bonchev–Trinajstić information content (AvgIpc) is 2.98. The van der Waals surface area contributed by atoms with Crippen molar-refractivity contribution in [2.24, 2.45) is 10.9 Å². The number of likely N-dealkylation sites (tertiary alicyclic amines) is 1. The predicted octanol–water partition coefficient (Wildman–Crippen LogP) is 2.00. The molecule has 1 rings (SSSR count). The molecule has 0 spiro atoms. The molecule has 1 fully saturated rings. The van der Waals surface area contributed by atoms with E-state index in [0.717, 1.165) is 25.6 Å². The van der Waals surface area contributed by atoms with E-state index in [-0.39, 0.29) is 0 Å². The lowest BCUT2D eigenvalue weighted by molar-refractivity contribution is 0.178. The molecule has 0 radical (unpaired) electrons. The zero-order valence-corrected chi connectivity index (χ0v) is 16.2. The fraction of sp³-hybridized carbons (Fsp3) is 0.944. The van der Waals surface area contributed by atoms with E-state index < -0.39 is 0 Å². The SMILES string of the molecule is CN=C(NCCN(C(C)C)C(C)C)NCC(C)CN1CCCC1. The van der Waals surface area contributed by atoms with E-state index in [9.17, 15) is 0 Å². The molecule has 23 heavy (non-hydrogen) atoms. The van der Waals surface area contributed by atoms with Crippen LogP contribution in [0.4, 0.5) is 0 Å². The van der Waals surface area contributed by atoms with Crippen molar-refractivity contribution in [3.63, 3.8) is 0 Å². The molecule has 136 valence electrons. The molecule has 1 atom stereocenters. The van der Waals surface area contributed by atoms with Gasteiger partial charge in [-0.25, -0.2) is 0 Å². The second-order valence-electron chi connectivity index (χ2n) is 7.42. The zero-order chi connectivity index (χ0) is 17.2. The minimum absolute atomic E-state index is 0.576. The molecule has 1 aliphatic rings. The minimum Gasteiger partial charge on any atom is -0.356 e. The molecular formula is C18H39N5. The predicted molar refractivity (Wildman–Crippen MR) is 101 cm³/mol. The summed E-state index contributed by atoms with van der Waals surface area (Å²) >= 11 is 0. The zero-order valence-electron chi connectivity index (χ0n) is 16.2. The molecule has 1 saturated heterocycles. The smallest absolute Gasteiger partial charge is 0.191 e. The van der Waals surface area contributed by atoms with Crippen molar-refractivity contribution >= 4 is 5.96 Å². The third kappa shape index (κ3) is 8.02. The van der Waals surface area contributed by atoms with Crippen molar-refractivity contribution in [2.45, 2.75) is 59.5 Å². The van der Waals surface area contributed by atoms with E-state index in [1.807, 2.05) is 7.05 Å². The Balaban J connectivity index is 2.23. The lowest BCUT2D eigenvalue weighted by Gasteiger charge is -2.30. The highest BCUT2D eigenvalue weighted by molar-refractivity contribution is 5.79. The first-order valence-corrected chi connectivity index (χ1v) is 9.36. The molecule has 0 aliphatic carbocycles. The Bertz CT molecular complexity index is 326. The van der Waals surface area contributed by atoms with Gasteiger partial charge in [-0.3, -0.25) is 9.89 Å².